The zero-order chi connectivity index (χ0) is 14.7. The van der Waals surface area contributed by atoms with E-state index in [9.17, 15) is 0 Å². The topological polar surface area (TPSA) is 69.2 Å². The maximum absolute atomic E-state index is 7.58. The van der Waals surface area contributed by atoms with Crippen molar-refractivity contribution in [3.8, 4) is 0 Å². The minimum absolute atomic E-state index is 0.106. The highest BCUT2D eigenvalue weighted by atomic mass is 15.3. The summed E-state index contributed by atoms with van der Waals surface area (Å²) in [4.78, 5) is 9.40. The number of hydrogen-bond donors (Lipinski definition) is 2. The summed E-state index contributed by atoms with van der Waals surface area (Å²) in [6.45, 7) is 10.6. The van der Waals surface area contributed by atoms with Crippen LogP contribution in [0.5, 0.6) is 0 Å². The third-order valence-electron chi connectivity index (χ3n) is 4.10. The molecular weight excluding hydrogens is 250 g/mol. The van der Waals surface area contributed by atoms with Gasteiger partial charge in [0, 0.05) is 43.5 Å². The second-order valence-corrected chi connectivity index (χ2v) is 5.55. The number of hydrogen-bond acceptors (Lipinski definition) is 4. The summed E-state index contributed by atoms with van der Waals surface area (Å²) in [6.07, 6.45) is 1.19. The lowest BCUT2D eigenvalue weighted by atomic mass is 10.1. The van der Waals surface area contributed by atoms with Gasteiger partial charge in [-0.2, -0.15) is 0 Å². The monoisotopic (exact) mass is 275 g/mol. The van der Waals surface area contributed by atoms with Crippen LogP contribution in [0.2, 0.25) is 0 Å². The molecule has 110 valence electrons. The van der Waals surface area contributed by atoms with Crippen molar-refractivity contribution in [1.29, 1.82) is 5.41 Å². The number of nitrogen functional groups attached to an aromatic ring is 1. The molecule has 20 heavy (non-hydrogen) atoms. The van der Waals surface area contributed by atoms with Gasteiger partial charge in [-0.25, -0.2) is 4.98 Å². The number of amidine groups is 1. The Morgan fingerprint density at radius 1 is 1.35 bits per heavy atom. The van der Waals surface area contributed by atoms with Crippen LogP contribution in [-0.4, -0.2) is 47.9 Å². The molecule has 1 fully saturated rings. The number of aryl methyl sites for hydroxylation is 1. The van der Waals surface area contributed by atoms with Gasteiger partial charge in [0.15, 0.2) is 0 Å². The van der Waals surface area contributed by atoms with Crippen LogP contribution in [0.25, 0.3) is 0 Å². The first-order chi connectivity index (χ1) is 9.51. The fourth-order valence-electron chi connectivity index (χ4n) is 2.62. The van der Waals surface area contributed by atoms with Crippen molar-refractivity contribution in [1.82, 2.24) is 9.88 Å². The lowest BCUT2D eigenvalue weighted by Crippen LogP contribution is -2.49. The third-order valence-corrected chi connectivity index (χ3v) is 4.10. The molecule has 5 nitrogen and oxygen atoms in total. The molecule has 0 spiro atoms. The molecule has 1 saturated heterocycles. The van der Waals surface area contributed by atoms with Crippen LogP contribution in [0.3, 0.4) is 0 Å². The van der Waals surface area contributed by atoms with Crippen LogP contribution in [-0.2, 0) is 0 Å². The van der Waals surface area contributed by atoms with Gasteiger partial charge < -0.3 is 10.6 Å². The summed E-state index contributed by atoms with van der Waals surface area (Å²) in [5.74, 6) is 1.05. The fourth-order valence-corrected chi connectivity index (χ4v) is 2.62. The molecule has 0 radical (unpaired) electrons. The number of anilines is 1. The van der Waals surface area contributed by atoms with Gasteiger partial charge in [0.1, 0.15) is 11.7 Å². The molecule has 0 amide bonds. The van der Waals surface area contributed by atoms with Crippen molar-refractivity contribution in [2.24, 2.45) is 5.73 Å². The van der Waals surface area contributed by atoms with E-state index in [1.165, 1.54) is 6.42 Å². The first-order valence-corrected chi connectivity index (χ1v) is 7.33. The van der Waals surface area contributed by atoms with Crippen LogP contribution in [0.4, 0.5) is 5.82 Å². The van der Waals surface area contributed by atoms with Crippen molar-refractivity contribution >= 4 is 11.7 Å². The molecule has 2 rings (SSSR count). The summed E-state index contributed by atoms with van der Waals surface area (Å²) in [7, 11) is 0. The van der Waals surface area contributed by atoms with Gasteiger partial charge in [-0.15, -0.1) is 0 Å². The summed E-state index contributed by atoms with van der Waals surface area (Å²) >= 11 is 0. The largest absolute Gasteiger partial charge is 0.384 e. The van der Waals surface area contributed by atoms with Gasteiger partial charge in [-0.1, -0.05) is 6.92 Å². The van der Waals surface area contributed by atoms with Crippen molar-refractivity contribution in [3.63, 3.8) is 0 Å². The summed E-state index contributed by atoms with van der Waals surface area (Å²) < 4.78 is 0. The van der Waals surface area contributed by atoms with Gasteiger partial charge in [0.2, 0.25) is 0 Å². The molecule has 0 saturated carbocycles. The molecule has 1 atom stereocenters. The third kappa shape index (κ3) is 3.28. The van der Waals surface area contributed by atoms with Crippen molar-refractivity contribution in [2.75, 3.05) is 31.1 Å². The average molecular weight is 275 g/mol. The van der Waals surface area contributed by atoms with E-state index < -0.39 is 0 Å². The van der Waals surface area contributed by atoms with E-state index >= 15 is 0 Å². The molecule has 3 N–H and O–H groups in total. The Labute approximate surface area is 121 Å². The zero-order valence-corrected chi connectivity index (χ0v) is 12.7. The van der Waals surface area contributed by atoms with E-state index in [4.69, 9.17) is 11.1 Å². The lowest BCUT2D eigenvalue weighted by Gasteiger charge is -2.38. The van der Waals surface area contributed by atoms with Crippen LogP contribution in [0, 0.1) is 12.3 Å². The molecule has 2 heterocycles. The van der Waals surface area contributed by atoms with Gasteiger partial charge in [0.05, 0.1) is 0 Å². The molecule has 5 heteroatoms. The number of nitrogens with one attached hydrogen (secondary N) is 1. The molecule has 0 aliphatic carbocycles. The maximum Gasteiger partial charge on any atom is 0.129 e. The van der Waals surface area contributed by atoms with Gasteiger partial charge in [-0.05, 0) is 32.4 Å². The number of pyridine rings is 1. The molecular formula is C15H25N5. The number of rotatable bonds is 4. The second kappa shape index (κ2) is 6.22. The normalized spacial score (nSPS) is 18.1. The Kier molecular flexibility index (Phi) is 4.60. The number of nitrogens with two attached hydrogens (primary N) is 1. The van der Waals surface area contributed by atoms with Crippen molar-refractivity contribution in [2.45, 2.75) is 33.2 Å². The molecule has 1 aromatic heterocycles. The number of piperazine rings is 1. The Hall–Kier alpha value is -1.62. The highest BCUT2D eigenvalue weighted by molar-refractivity contribution is 5.95. The Balaban J connectivity index is 2.09. The fraction of sp³-hybridized carbons (Fsp3) is 0.600. The van der Waals surface area contributed by atoms with E-state index in [1.54, 1.807) is 0 Å². The summed E-state index contributed by atoms with van der Waals surface area (Å²) in [5, 5.41) is 7.58. The van der Waals surface area contributed by atoms with E-state index in [1.807, 2.05) is 19.1 Å². The van der Waals surface area contributed by atoms with Gasteiger partial charge in [-0.3, -0.25) is 10.3 Å². The first-order valence-electron chi connectivity index (χ1n) is 7.33. The molecule has 1 aliphatic heterocycles. The van der Waals surface area contributed by atoms with Gasteiger partial charge in [0.25, 0.3) is 0 Å². The van der Waals surface area contributed by atoms with Crippen LogP contribution >= 0.6 is 0 Å². The maximum atomic E-state index is 7.58. The van der Waals surface area contributed by atoms with Crippen LogP contribution in [0.1, 0.15) is 31.5 Å². The molecule has 1 aromatic rings. The Morgan fingerprint density at radius 2 is 2.00 bits per heavy atom. The second-order valence-electron chi connectivity index (χ2n) is 5.55. The Morgan fingerprint density at radius 3 is 2.55 bits per heavy atom. The summed E-state index contributed by atoms with van der Waals surface area (Å²) in [5.41, 5.74) is 7.26. The highest BCUT2D eigenvalue weighted by Gasteiger charge is 2.21. The minimum Gasteiger partial charge on any atom is -0.384 e. The molecule has 0 aromatic carbocycles. The van der Waals surface area contributed by atoms with Crippen molar-refractivity contribution < 1.29 is 0 Å². The average Bonchev–Trinajstić information content (AvgIpc) is 2.46. The predicted molar refractivity (Wildman–Crippen MR) is 83.5 cm³/mol. The highest BCUT2D eigenvalue weighted by Crippen LogP contribution is 2.18. The van der Waals surface area contributed by atoms with Crippen molar-refractivity contribution in [3.05, 3.63) is 23.4 Å². The first kappa shape index (κ1) is 14.8. The van der Waals surface area contributed by atoms with Crippen LogP contribution in [0.15, 0.2) is 12.1 Å². The number of aromatic nitrogens is 1. The predicted octanol–water partition coefficient (Wildman–Crippen LogP) is 1.59. The Bertz CT molecular complexity index is 477. The van der Waals surface area contributed by atoms with Gasteiger partial charge >= 0.3 is 0 Å². The van der Waals surface area contributed by atoms with Crippen LogP contribution < -0.4 is 10.6 Å². The molecule has 1 unspecified atom stereocenters. The standard InChI is InChI=1S/C15H25N5/c1-4-12(3)19-5-7-20(8-6-19)14-10-13(15(16)17)9-11(2)18-14/h9-10,12H,4-8H2,1-3H3,(H3,16,17). The summed E-state index contributed by atoms with van der Waals surface area (Å²) in [6, 6.07) is 4.44. The van der Waals surface area contributed by atoms with E-state index in [0.29, 0.717) is 6.04 Å². The minimum atomic E-state index is 0.106. The molecule has 1 aliphatic rings. The SMILES string of the molecule is CCC(C)N1CCN(c2cc(C(=N)N)cc(C)n2)CC1. The van der Waals surface area contributed by atoms with E-state index in [0.717, 1.165) is 43.3 Å². The quantitative estimate of drug-likeness (QED) is 0.647. The van der Waals surface area contributed by atoms with E-state index in [2.05, 4.69) is 28.6 Å². The number of nitrogens with zero attached hydrogens (tertiary/aromatic N) is 3. The zero-order valence-electron chi connectivity index (χ0n) is 12.7. The molecule has 0 bridgehead atoms. The lowest BCUT2D eigenvalue weighted by molar-refractivity contribution is 0.192. The van der Waals surface area contributed by atoms with E-state index in [-0.39, 0.29) is 5.84 Å². The smallest absolute Gasteiger partial charge is 0.129 e.